The third-order valence-corrected chi connectivity index (χ3v) is 5.09. The van der Waals surface area contributed by atoms with Gasteiger partial charge < -0.3 is 10.0 Å². The average molecular weight is 337 g/mol. The molecule has 0 aliphatic carbocycles. The molecule has 1 N–H and O–H groups in total. The molecule has 0 fully saturated rings. The highest BCUT2D eigenvalue weighted by molar-refractivity contribution is 5.89. The fourth-order valence-electron chi connectivity index (χ4n) is 3.46. The van der Waals surface area contributed by atoms with Gasteiger partial charge >= 0.3 is 5.97 Å². The van der Waals surface area contributed by atoms with Crippen LogP contribution in [0.2, 0.25) is 0 Å². The summed E-state index contributed by atoms with van der Waals surface area (Å²) in [5.74, 6) is -1.61. The van der Waals surface area contributed by atoms with Crippen molar-refractivity contribution in [1.29, 1.82) is 0 Å². The third kappa shape index (κ3) is 3.16. The van der Waals surface area contributed by atoms with E-state index in [2.05, 4.69) is 0 Å². The summed E-state index contributed by atoms with van der Waals surface area (Å²) in [6.45, 7) is 6.47. The molecule has 0 saturated carbocycles. The van der Waals surface area contributed by atoms with Gasteiger partial charge in [0, 0.05) is 13.1 Å². The van der Waals surface area contributed by atoms with Crippen molar-refractivity contribution in [3.63, 3.8) is 0 Å². The summed E-state index contributed by atoms with van der Waals surface area (Å²) < 4.78 is 0. The number of carbonyl (C=O) groups excluding carboxylic acids is 1. The van der Waals surface area contributed by atoms with Gasteiger partial charge in [-0.25, -0.2) is 0 Å². The van der Waals surface area contributed by atoms with Crippen molar-refractivity contribution in [3.8, 4) is 0 Å². The van der Waals surface area contributed by atoms with Gasteiger partial charge in [-0.15, -0.1) is 0 Å². The highest BCUT2D eigenvalue weighted by Crippen LogP contribution is 2.33. The number of rotatable bonds is 3. The minimum absolute atomic E-state index is 0.0443. The Labute approximate surface area is 148 Å². The molecule has 4 heteroatoms. The Balaban J connectivity index is 1.92. The predicted molar refractivity (Wildman–Crippen MR) is 96.4 cm³/mol. The van der Waals surface area contributed by atoms with E-state index in [1.807, 2.05) is 69.3 Å². The van der Waals surface area contributed by atoms with Gasteiger partial charge in [-0.2, -0.15) is 0 Å². The molecule has 2 aromatic rings. The zero-order valence-corrected chi connectivity index (χ0v) is 14.8. The zero-order valence-electron chi connectivity index (χ0n) is 14.8. The number of carboxylic acid groups (broad SMARTS) is 1. The largest absolute Gasteiger partial charge is 0.481 e. The first-order valence-electron chi connectivity index (χ1n) is 8.48. The summed E-state index contributed by atoms with van der Waals surface area (Å²) in [6.07, 6.45) is 0. The van der Waals surface area contributed by atoms with Crippen molar-refractivity contribution in [2.45, 2.75) is 38.6 Å². The minimum Gasteiger partial charge on any atom is -0.481 e. The minimum atomic E-state index is -0.891. The third-order valence-electron chi connectivity index (χ3n) is 5.09. The molecule has 1 heterocycles. The highest BCUT2D eigenvalue weighted by Gasteiger charge is 2.39. The van der Waals surface area contributed by atoms with E-state index >= 15 is 0 Å². The Kier molecular flexibility index (Phi) is 4.38. The van der Waals surface area contributed by atoms with Crippen LogP contribution in [0.4, 0.5) is 0 Å². The van der Waals surface area contributed by atoms with E-state index in [1.165, 1.54) is 0 Å². The van der Waals surface area contributed by atoms with Crippen LogP contribution in [-0.4, -0.2) is 28.4 Å². The lowest BCUT2D eigenvalue weighted by molar-refractivity contribution is -0.143. The molecule has 0 saturated heterocycles. The summed E-state index contributed by atoms with van der Waals surface area (Å²) in [5.41, 5.74) is 3.10. The second-order valence-electron chi connectivity index (χ2n) is 7.27. The number of hydrogen-bond acceptors (Lipinski definition) is 2. The van der Waals surface area contributed by atoms with Crippen molar-refractivity contribution in [2.75, 3.05) is 6.54 Å². The van der Waals surface area contributed by atoms with Gasteiger partial charge in [0.25, 0.3) is 0 Å². The second-order valence-corrected chi connectivity index (χ2v) is 7.27. The van der Waals surface area contributed by atoms with Crippen LogP contribution in [0.15, 0.2) is 48.5 Å². The quantitative estimate of drug-likeness (QED) is 0.933. The van der Waals surface area contributed by atoms with Gasteiger partial charge in [-0.05, 0) is 37.5 Å². The van der Waals surface area contributed by atoms with Gasteiger partial charge in [-0.3, -0.25) is 9.59 Å². The van der Waals surface area contributed by atoms with Crippen molar-refractivity contribution in [2.24, 2.45) is 0 Å². The molecule has 0 bridgehead atoms. The lowest BCUT2D eigenvalue weighted by Crippen LogP contribution is -2.47. The molecule has 1 amide bonds. The molecule has 25 heavy (non-hydrogen) atoms. The molecule has 130 valence electrons. The normalized spacial score (nSPS) is 17.1. The summed E-state index contributed by atoms with van der Waals surface area (Å²) >= 11 is 0. The molecular weight excluding hydrogens is 314 g/mol. The monoisotopic (exact) mass is 337 g/mol. The smallest absolute Gasteiger partial charge is 0.312 e. The molecule has 3 rings (SSSR count). The first kappa shape index (κ1) is 17.2. The molecule has 2 aromatic carbocycles. The Hall–Kier alpha value is -2.62. The van der Waals surface area contributed by atoms with Crippen molar-refractivity contribution < 1.29 is 14.7 Å². The molecule has 4 nitrogen and oxygen atoms in total. The Morgan fingerprint density at radius 1 is 1.08 bits per heavy atom. The number of aliphatic carboxylic acids is 1. The number of benzene rings is 2. The molecular formula is C21H23NO3. The molecule has 0 radical (unpaired) electrons. The lowest BCUT2D eigenvalue weighted by Gasteiger charge is -2.37. The van der Waals surface area contributed by atoms with Crippen LogP contribution in [0, 0.1) is 6.92 Å². The standard InChI is InChI=1S/C21H23NO3/c1-14-8-10-16(11-9-14)21(2,3)20(25)22-12-15-6-4-5-7-17(15)18(13-22)19(23)24/h4-11,18H,12-13H2,1-3H3,(H,23,24). The van der Waals surface area contributed by atoms with E-state index in [1.54, 1.807) is 4.90 Å². The average Bonchev–Trinajstić information content (AvgIpc) is 2.60. The topological polar surface area (TPSA) is 57.6 Å². The summed E-state index contributed by atoms with van der Waals surface area (Å²) in [6, 6.07) is 15.4. The van der Waals surface area contributed by atoms with E-state index < -0.39 is 17.3 Å². The van der Waals surface area contributed by atoms with Crippen LogP contribution in [0.1, 0.15) is 42.0 Å². The number of carbonyl (C=O) groups is 2. The molecule has 1 aliphatic heterocycles. The fraction of sp³-hybridized carbons (Fsp3) is 0.333. The number of hydrogen-bond donors (Lipinski definition) is 1. The Morgan fingerprint density at radius 2 is 1.72 bits per heavy atom. The summed E-state index contributed by atoms with van der Waals surface area (Å²) in [4.78, 5) is 26.6. The first-order valence-corrected chi connectivity index (χ1v) is 8.48. The summed E-state index contributed by atoms with van der Waals surface area (Å²) in [7, 11) is 0. The number of nitrogens with zero attached hydrogens (tertiary/aromatic N) is 1. The fourth-order valence-corrected chi connectivity index (χ4v) is 3.46. The SMILES string of the molecule is Cc1ccc(C(C)(C)C(=O)N2Cc3ccccc3C(C(=O)O)C2)cc1. The Morgan fingerprint density at radius 3 is 2.36 bits per heavy atom. The van der Waals surface area contributed by atoms with Gasteiger partial charge in [0.2, 0.25) is 5.91 Å². The number of fused-ring (bicyclic) bond motifs is 1. The first-order chi connectivity index (χ1) is 11.8. The maximum Gasteiger partial charge on any atom is 0.312 e. The van der Waals surface area contributed by atoms with Crippen LogP contribution in [0.5, 0.6) is 0 Å². The van der Waals surface area contributed by atoms with Gasteiger partial charge in [0.1, 0.15) is 0 Å². The van der Waals surface area contributed by atoms with E-state index in [0.717, 1.165) is 22.3 Å². The molecule has 0 aromatic heterocycles. The Bertz CT molecular complexity index is 808. The lowest BCUT2D eigenvalue weighted by atomic mass is 9.81. The molecule has 0 spiro atoms. The predicted octanol–water partition coefficient (Wildman–Crippen LogP) is 3.48. The van der Waals surface area contributed by atoms with Crippen molar-refractivity contribution >= 4 is 11.9 Å². The van der Waals surface area contributed by atoms with Crippen LogP contribution in [0.25, 0.3) is 0 Å². The number of amides is 1. The summed E-state index contributed by atoms with van der Waals surface area (Å²) in [5, 5.41) is 9.60. The maximum atomic E-state index is 13.2. The van der Waals surface area contributed by atoms with E-state index in [-0.39, 0.29) is 12.5 Å². The maximum absolute atomic E-state index is 13.2. The molecule has 1 unspecified atom stereocenters. The van der Waals surface area contributed by atoms with Crippen molar-refractivity contribution in [3.05, 3.63) is 70.8 Å². The van der Waals surface area contributed by atoms with Crippen molar-refractivity contribution in [1.82, 2.24) is 4.90 Å². The van der Waals surface area contributed by atoms with E-state index in [9.17, 15) is 14.7 Å². The van der Waals surface area contributed by atoms with Gasteiger partial charge in [0.05, 0.1) is 11.3 Å². The van der Waals surface area contributed by atoms with Crippen LogP contribution >= 0.6 is 0 Å². The van der Waals surface area contributed by atoms with Crippen LogP contribution in [-0.2, 0) is 21.5 Å². The van der Waals surface area contributed by atoms with E-state index in [0.29, 0.717) is 6.54 Å². The van der Waals surface area contributed by atoms with E-state index in [4.69, 9.17) is 0 Å². The van der Waals surface area contributed by atoms with Crippen LogP contribution < -0.4 is 0 Å². The highest BCUT2D eigenvalue weighted by atomic mass is 16.4. The van der Waals surface area contributed by atoms with Gasteiger partial charge in [0.15, 0.2) is 0 Å². The van der Waals surface area contributed by atoms with Crippen LogP contribution in [0.3, 0.4) is 0 Å². The number of aryl methyl sites for hydroxylation is 1. The molecule has 1 aliphatic rings. The zero-order chi connectivity index (χ0) is 18.2. The number of carboxylic acids is 1. The second kappa shape index (κ2) is 6.36. The van der Waals surface area contributed by atoms with Gasteiger partial charge in [-0.1, -0.05) is 54.1 Å². The molecule has 1 atom stereocenters.